The Hall–Kier alpha value is -1.40. The predicted octanol–water partition coefficient (Wildman–Crippen LogP) is 1.69. The molecule has 1 fully saturated rings. The van der Waals surface area contributed by atoms with Gasteiger partial charge in [-0.2, -0.15) is 0 Å². The Balaban J connectivity index is 2.12. The topological polar surface area (TPSA) is 66.8 Å². The zero-order valence-corrected chi connectivity index (χ0v) is 11.8. The van der Waals surface area contributed by atoms with E-state index in [0.29, 0.717) is 24.6 Å². The van der Waals surface area contributed by atoms with Gasteiger partial charge in [-0.25, -0.2) is 0 Å². The summed E-state index contributed by atoms with van der Waals surface area (Å²) >= 11 is 1.38. The van der Waals surface area contributed by atoms with E-state index in [1.807, 2.05) is 18.4 Å². The van der Waals surface area contributed by atoms with Crippen molar-refractivity contribution in [2.75, 3.05) is 20.2 Å². The van der Waals surface area contributed by atoms with E-state index in [0.717, 1.165) is 5.56 Å². The van der Waals surface area contributed by atoms with Gasteiger partial charge >= 0.3 is 5.97 Å². The molecule has 19 heavy (non-hydrogen) atoms. The van der Waals surface area contributed by atoms with Crippen LogP contribution >= 0.6 is 11.3 Å². The van der Waals surface area contributed by atoms with Gasteiger partial charge in [-0.05, 0) is 17.4 Å². The lowest BCUT2D eigenvalue weighted by Gasteiger charge is -2.15. The van der Waals surface area contributed by atoms with E-state index in [2.05, 4.69) is 0 Å². The molecule has 0 radical (unpaired) electrons. The SMILES string of the molecule is COCc1ccsc1C(=O)N1C[C@@H](C)[C@H](C(=O)O)C1. The average Bonchev–Trinajstić information content (AvgIpc) is 2.95. The van der Waals surface area contributed by atoms with Crippen LogP contribution in [-0.4, -0.2) is 42.1 Å². The summed E-state index contributed by atoms with van der Waals surface area (Å²) in [4.78, 5) is 25.8. The van der Waals surface area contributed by atoms with Gasteiger partial charge in [-0.15, -0.1) is 11.3 Å². The number of nitrogens with zero attached hydrogens (tertiary/aromatic N) is 1. The number of rotatable bonds is 4. The number of thiophene rings is 1. The highest BCUT2D eigenvalue weighted by molar-refractivity contribution is 7.12. The van der Waals surface area contributed by atoms with Crippen LogP contribution in [0.2, 0.25) is 0 Å². The number of amides is 1. The van der Waals surface area contributed by atoms with E-state index < -0.39 is 11.9 Å². The first-order chi connectivity index (χ1) is 9.04. The third-order valence-corrected chi connectivity index (χ3v) is 4.40. The predicted molar refractivity (Wildman–Crippen MR) is 71.2 cm³/mol. The Kier molecular flexibility index (Phi) is 4.21. The molecule has 5 nitrogen and oxygen atoms in total. The number of likely N-dealkylation sites (tertiary alicyclic amines) is 1. The fourth-order valence-corrected chi connectivity index (χ4v) is 3.27. The third-order valence-electron chi connectivity index (χ3n) is 3.46. The van der Waals surface area contributed by atoms with E-state index in [1.165, 1.54) is 11.3 Å². The van der Waals surface area contributed by atoms with E-state index in [9.17, 15) is 9.59 Å². The number of carboxylic acid groups (broad SMARTS) is 1. The standard InChI is InChI=1S/C13H17NO4S/c1-8-5-14(6-10(8)13(16)17)12(15)11-9(7-18-2)3-4-19-11/h3-4,8,10H,5-7H2,1-2H3,(H,16,17)/t8-,10-/m1/s1. The minimum Gasteiger partial charge on any atom is -0.481 e. The highest BCUT2D eigenvalue weighted by Crippen LogP contribution is 2.27. The van der Waals surface area contributed by atoms with Crippen LogP contribution in [0.4, 0.5) is 0 Å². The molecule has 1 aromatic rings. The molecule has 6 heteroatoms. The van der Waals surface area contributed by atoms with Crippen molar-refractivity contribution in [3.05, 3.63) is 21.9 Å². The largest absolute Gasteiger partial charge is 0.481 e. The lowest BCUT2D eigenvalue weighted by atomic mass is 9.99. The molecule has 2 heterocycles. The molecule has 1 N–H and O–H groups in total. The van der Waals surface area contributed by atoms with Crippen molar-refractivity contribution in [1.29, 1.82) is 0 Å². The number of hydrogen-bond acceptors (Lipinski definition) is 4. The lowest BCUT2D eigenvalue weighted by molar-refractivity contribution is -0.142. The van der Waals surface area contributed by atoms with E-state index in [1.54, 1.807) is 12.0 Å². The molecule has 2 rings (SSSR count). The summed E-state index contributed by atoms with van der Waals surface area (Å²) in [6.07, 6.45) is 0. The van der Waals surface area contributed by atoms with Gasteiger partial charge in [0.05, 0.1) is 17.4 Å². The van der Waals surface area contributed by atoms with Crippen LogP contribution in [0.1, 0.15) is 22.2 Å². The van der Waals surface area contributed by atoms with Crippen molar-refractivity contribution in [3.8, 4) is 0 Å². The summed E-state index contributed by atoms with van der Waals surface area (Å²) in [5, 5.41) is 11.0. The zero-order valence-electron chi connectivity index (χ0n) is 11.0. The molecule has 1 aromatic heterocycles. The molecule has 0 aromatic carbocycles. The highest BCUT2D eigenvalue weighted by atomic mass is 32.1. The molecule has 104 valence electrons. The molecule has 1 aliphatic rings. The van der Waals surface area contributed by atoms with Crippen molar-refractivity contribution < 1.29 is 19.4 Å². The summed E-state index contributed by atoms with van der Waals surface area (Å²) in [5.74, 6) is -1.38. The van der Waals surface area contributed by atoms with Gasteiger partial charge in [0.25, 0.3) is 5.91 Å². The normalized spacial score (nSPS) is 22.7. The smallest absolute Gasteiger partial charge is 0.308 e. The van der Waals surface area contributed by atoms with Crippen molar-refractivity contribution in [3.63, 3.8) is 0 Å². The van der Waals surface area contributed by atoms with Crippen molar-refractivity contribution in [1.82, 2.24) is 4.90 Å². The Labute approximate surface area is 115 Å². The van der Waals surface area contributed by atoms with Crippen LogP contribution in [0.15, 0.2) is 11.4 Å². The summed E-state index contributed by atoms with van der Waals surface area (Å²) in [6, 6.07) is 1.87. The lowest BCUT2D eigenvalue weighted by Crippen LogP contribution is -2.30. The first-order valence-corrected chi connectivity index (χ1v) is 7.00. The molecule has 0 aliphatic carbocycles. The molecule has 1 saturated heterocycles. The van der Waals surface area contributed by atoms with Crippen LogP contribution < -0.4 is 0 Å². The quantitative estimate of drug-likeness (QED) is 0.913. The number of carbonyl (C=O) groups excluding carboxylic acids is 1. The number of methoxy groups -OCH3 is 1. The van der Waals surface area contributed by atoms with Crippen LogP contribution in [0.5, 0.6) is 0 Å². The van der Waals surface area contributed by atoms with Gasteiger partial charge in [-0.3, -0.25) is 9.59 Å². The van der Waals surface area contributed by atoms with Crippen LogP contribution in [-0.2, 0) is 16.1 Å². The third kappa shape index (κ3) is 2.79. The van der Waals surface area contributed by atoms with Crippen molar-refractivity contribution >= 4 is 23.2 Å². The van der Waals surface area contributed by atoms with Gasteiger partial charge in [0.2, 0.25) is 0 Å². The van der Waals surface area contributed by atoms with E-state index in [-0.39, 0.29) is 11.8 Å². The maximum Gasteiger partial charge on any atom is 0.308 e. The van der Waals surface area contributed by atoms with Crippen LogP contribution in [0.25, 0.3) is 0 Å². The van der Waals surface area contributed by atoms with Crippen LogP contribution in [0, 0.1) is 11.8 Å². The molecule has 0 saturated carbocycles. The zero-order chi connectivity index (χ0) is 14.0. The Bertz CT molecular complexity index is 485. The highest BCUT2D eigenvalue weighted by Gasteiger charge is 2.37. The average molecular weight is 283 g/mol. The molecule has 0 bridgehead atoms. The number of carboxylic acids is 1. The first kappa shape index (κ1) is 14.0. The van der Waals surface area contributed by atoms with Gasteiger partial charge < -0.3 is 14.7 Å². The monoisotopic (exact) mass is 283 g/mol. The van der Waals surface area contributed by atoms with Crippen molar-refractivity contribution in [2.45, 2.75) is 13.5 Å². The summed E-state index contributed by atoms with van der Waals surface area (Å²) in [7, 11) is 1.59. The molecule has 2 atom stereocenters. The van der Waals surface area contributed by atoms with E-state index >= 15 is 0 Å². The number of hydrogen-bond donors (Lipinski definition) is 1. The van der Waals surface area contributed by atoms with Gasteiger partial charge in [0.15, 0.2) is 0 Å². The molecule has 0 unspecified atom stereocenters. The molecular weight excluding hydrogens is 266 g/mol. The number of carbonyl (C=O) groups is 2. The Morgan fingerprint density at radius 3 is 2.84 bits per heavy atom. The number of aliphatic carboxylic acids is 1. The molecular formula is C13H17NO4S. The number of ether oxygens (including phenoxy) is 1. The Morgan fingerprint density at radius 1 is 1.53 bits per heavy atom. The van der Waals surface area contributed by atoms with Crippen molar-refractivity contribution in [2.24, 2.45) is 11.8 Å². The fourth-order valence-electron chi connectivity index (χ4n) is 2.39. The van der Waals surface area contributed by atoms with Gasteiger partial charge in [-0.1, -0.05) is 6.92 Å². The molecule has 1 aliphatic heterocycles. The second kappa shape index (κ2) is 5.71. The minimum atomic E-state index is -0.828. The fraction of sp³-hybridized carbons (Fsp3) is 0.538. The van der Waals surface area contributed by atoms with Gasteiger partial charge in [0.1, 0.15) is 0 Å². The minimum absolute atomic E-state index is 0.00714. The van der Waals surface area contributed by atoms with Crippen LogP contribution in [0.3, 0.4) is 0 Å². The summed E-state index contributed by atoms with van der Waals surface area (Å²) < 4.78 is 5.06. The van der Waals surface area contributed by atoms with Gasteiger partial charge in [0, 0.05) is 25.8 Å². The maximum absolute atomic E-state index is 12.4. The molecule has 1 amide bonds. The first-order valence-electron chi connectivity index (χ1n) is 6.12. The molecule has 0 spiro atoms. The van der Waals surface area contributed by atoms with E-state index in [4.69, 9.17) is 9.84 Å². The Morgan fingerprint density at radius 2 is 2.26 bits per heavy atom. The second-order valence-electron chi connectivity index (χ2n) is 4.84. The summed E-state index contributed by atoms with van der Waals surface area (Å²) in [6.45, 7) is 3.06. The maximum atomic E-state index is 12.4. The second-order valence-corrected chi connectivity index (χ2v) is 5.76. The summed E-state index contributed by atoms with van der Waals surface area (Å²) in [5.41, 5.74) is 0.865.